The summed E-state index contributed by atoms with van der Waals surface area (Å²) in [7, 11) is 2.93. The number of allylic oxidation sites excluding steroid dienone is 2. The monoisotopic (exact) mass is 411 g/mol. The second-order valence-corrected chi connectivity index (χ2v) is 8.15. The molecular weight excluding hydrogens is 384 g/mol. The van der Waals surface area contributed by atoms with Crippen molar-refractivity contribution in [2.45, 2.75) is 51.2 Å². The Labute approximate surface area is 174 Å². The van der Waals surface area contributed by atoms with Gasteiger partial charge in [0, 0.05) is 30.6 Å². The number of hydrogen-bond acceptors (Lipinski definition) is 5. The summed E-state index contributed by atoms with van der Waals surface area (Å²) in [6, 6.07) is 1.45. The summed E-state index contributed by atoms with van der Waals surface area (Å²) in [5.74, 6) is 0.487. The predicted octanol–water partition coefficient (Wildman–Crippen LogP) is 4.67. The van der Waals surface area contributed by atoms with Gasteiger partial charge in [-0.15, -0.1) is 9.24 Å². The van der Waals surface area contributed by atoms with Gasteiger partial charge in [0.05, 0.1) is 24.2 Å². The molecule has 0 saturated carbocycles. The van der Waals surface area contributed by atoms with Crippen molar-refractivity contribution >= 4 is 15.0 Å². The summed E-state index contributed by atoms with van der Waals surface area (Å²) in [5, 5.41) is 6.35. The predicted molar refractivity (Wildman–Crippen MR) is 118 cm³/mol. The van der Waals surface area contributed by atoms with E-state index in [0.717, 1.165) is 41.2 Å². The van der Waals surface area contributed by atoms with Gasteiger partial charge in [-0.05, 0) is 42.3 Å². The van der Waals surface area contributed by atoms with E-state index in [1.807, 2.05) is 24.5 Å². The maximum absolute atomic E-state index is 13.4. The standard InChI is InChI=1S/C22H27FN5P/c1-3-4-5-20(29)7-9-22-25-12-18(13-26-22)21-8-6-16(2)28(27-21)15-17-10-19(23)14-24-11-17/h6,8,10-14,20H,2-5,7,9,15,29H2,1H3. The van der Waals surface area contributed by atoms with Crippen LogP contribution in [0.5, 0.6) is 0 Å². The fourth-order valence-electron chi connectivity index (χ4n) is 3.04. The van der Waals surface area contributed by atoms with Gasteiger partial charge >= 0.3 is 0 Å². The number of nitrogens with zero attached hydrogens (tertiary/aromatic N) is 5. The molecule has 1 aliphatic heterocycles. The van der Waals surface area contributed by atoms with Crippen molar-refractivity contribution in [2.24, 2.45) is 5.10 Å². The lowest BCUT2D eigenvalue weighted by Gasteiger charge is -2.23. The fraction of sp³-hybridized carbons (Fsp3) is 0.364. The van der Waals surface area contributed by atoms with Gasteiger partial charge in [0.2, 0.25) is 0 Å². The molecule has 152 valence electrons. The lowest BCUT2D eigenvalue weighted by Crippen LogP contribution is -2.21. The molecule has 5 nitrogen and oxygen atoms in total. The molecule has 3 rings (SSSR count). The smallest absolute Gasteiger partial charge is 0.141 e. The van der Waals surface area contributed by atoms with E-state index in [1.165, 1.54) is 31.5 Å². The van der Waals surface area contributed by atoms with Gasteiger partial charge in [-0.1, -0.05) is 26.3 Å². The summed E-state index contributed by atoms with van der Waals surface area (Å²) in [6.07, 6.45) is 15.9. The van der Waals surface area contributed by atoms with Crippen LogP contribution < -0.4 is 0 Å². The largest absolute Gasteiger partial charge is 0.261 e. The van der Waals surface area contributed by atoms with Crippen LogP contribution in [0.1, 0.15) is 49.6 Å². The second kappa shape index (κ2) is 10.4. The Morgan fingerprint density at radius 2 is 1.93 bits per heavy atom. The van der Waals surface area contributed by atoms with E-state index in [9.17, 15) is 4.39 Å². The number of halogens is 1. The highest BCUT2D eigenvalue weighted by atomic mass is 31.0. The number of pyridine rings is 1. The first-order chi connectivity index (χ1) is 14.0. The Morgan fingerprint density at radius 3 is 2.66 bits per heavy atom. The molecule has 2 aromatic rings. The summed E-state index contributed by atoms with van der Waals surface area (Å²) in [6.45, 7) is 6.61. The molecule has 2 aromatic heterocycles. The lowest BCUT2D eigenvalue weighted by atomic mass is 10.1. The maximum Gasteiger partial charge on any atom is 0.141 e. The minimum atomic E-state index is -0.365. The van der Waals surface area contributed by atoms with Gasteiger partial charge in [-0.3, -0.25) is 9.99 Å². The number of rotatable bonds is 9. The van der Waals surface area contributed by atoms with Crippen LogP contribution in [0, 0.1) is 5.82 Å². The Kier molecular flexibility index (Phi) is 7.59. The van der Waals surface area contributed by atoms with E-state index in [4.69, 9.17) is 0 Å². The first-order valence-corrected chi connectivity index (χ1v) is 10.6. The SMILES string of the molecule is C=C1C=CC(c2cnc(CCC(P)CCCC)nc2)=NN1Cc1cncc(F)c1. The number of unbranched alkanes of at least 4 members (excludes halogenated alkanes) is 1. The zero-order valence-corrected chi connectivity index (χ0v) is 17.9. The minimum absolute atomic E-state index is 0.365. The number of hydrogen-bond donors (Lipinski definition) is 0. The Balaban J connectivity index is 1.64. The van der Waals surface area contributed by atoms with E-state index in [1.54, 1.807) is 11.2 Å². The molecule has 0 saturated heterocycles. The first-order valence-electron chi connectivity index (χ1n) is 9.94. The molecule has 7 heteroatoms. The van der Waals surface area contributed by atoms with Crippen LogP contribution in [0.2, 0.25) is 0 Å². The van der Waals surface area contributed by atoms with Crippen molar-refractivity contribution in [1.82, 2.24) is 20.0 Å². The molecule has 2 unspecified atom stereocenters. The lowest BCUT2D eigenvalue weighted by molar-refractivity contribution is 0.366. The van der Waals surface area contributed by atoms with Gasteiger partial charge in [0.15, 0.2) is 0 Å². The molecular formula is C22H27FN5P. The van der Waals surface area contributed by atoms with E-state index in [2.05, 4.69) is 42.8 Å². The molecule has 1 aliphatic rings. The van der Waals surface area contributed by atoms with Crippen molar-refractivity contribution in [3.63, 3.8) is 0 Å². The molecule has 0 amide bonds. The summed E-state index contributed by atoms with van der Waals surface area (Å²) in [4.78, 5) is 12.9. The molecule has 0 bridgehead atoms. The normalized spacial score (nSPS) is 14.8. The molecule has 0 N–H and O–H groups in total. The minimum Gasteiger partial charge on any atom is -0.261 e. The van der Waals surface area contributed by atoms with Crippen LogP contribution in [-0.4, -0.2) is 31.3 Å². The quantitative estimate of drug-likeness (QED) is 0.563. The molecule has 0 spiro atoms. The van der Waals surface area contributed by atoms with Crippen LogP contribution in [0.3, 0.4) is 0 Å². The van der Waals surface area contributed by atoms with E-state index in [-0.39, 0.29) is 5.82 Å². The number of hydrazone groups is 1. The van der Waals surface area contributed by atoms with Crippen LogP contribution in [0.25, 0.3) is 0 Å². The van der Waals surface area contributed by atoms with Crippen LogP contribution in [0.4, 0.5) is 4.39 Å². The second-order valence-electron chi connectivity index (χ2n) is 7.21. The van der Waals surface area contributed by atoms with Gasteiger partial charge in [-0.2, -0.15) is 5.10 Å². The topological polar surface area (TPSA) is 54.3 Å². The molecule has 29 heavy (non-hydrogen) atoms. The molecule has 0 fully saturated rings. The third-order valence-corrected chi connectivity index (χ3v) is 5.42. The molecule has 0 radical (unpaired) electrons. The highest BCUT2D eigenvalue weighted by Crippen LogP contribution is 2.19. The van der Waals surface area contributed by atoms with Crippen molar-refractivity contribution in [3.05, 3.63) is 78.1 Å². The van der Waals surface area contributed by atoms with Crippen molar-refractivity contribution in [1.29, 1.82) is 0 Å². The van der Waals surface area contributed by atoms with E-state index < -0.39 is 0 Å². The Hall–Kier alpha value is -2.46. The Morgan fingerprint density at radius 1 is 1.14 bits per heavy atom. The van der Waals surface area contributed by atoms with Crippen LogP contribution in [-0.2, 0) is 13.0 Å². The summed E-state index contributed by atoms with van der Waals surface area (Å²) < 4.78 is 13.4. The average molecular weight is 411 g/mol. The van der Waals surface area contributed by atoms with Gasteiger partial charge in [0.1, 0.15) is 11.6 Å². The van der Waals surface area contributed by atoms with Crippen molar-refractivity contribution in [2.75, 3.05) is 0 Å². The average Bonchev–Trinajstić information content (AvgIpc) is 2.73. The van der Waals surface area contributed by atoms with Gasteiger partial charge in [-0.25, -0.2) is 14.4 Å². The molecule has 2 atom stereocenters. The number of aromatic nitrogens is 3. The number of aryl methyl sites for hydroxylation is 1. The maximum atomic E-state index is 13.4. The molecule has 3 heterocycles. The Bertz CT molecular complexity index is 894. The summed E-state index contributed by atoms with van der Waals surface area (Å²) >= 11 is 0. The van der Waals surface area contributed by atoms with Gasteiger partial charge < -0.3 is 0 Å². The van der Waals surface area contributed by atoms with E-state index >= 15 is 0 Å². The first kappa shape index (κ1) is 21.3. The molecule has 0 aliphatic carbocycles. The van der Waals surface area contributed by atoms with Crippen molar-refractivity contribution in [3.8, 4) is 0 Å². The van der Waals surface area contributed by atoms with Crippen LogP contribution in [0.15, 0.2) is 60.4 Å². The summed E-state index contributed by atoms with van der Waals surface area (Å²) in [5.41, 5.74) is 3.66. The van der Waals surface area contributed by atoms with Crippen molar-refractivity contribution < 1.29 is 4.39 Å². The third-order valence-electron chi connectivity index (χ3n) is 4.76. The zero-order valence-electron chi connectivity index (χ0n) is 16.8. The highest BCUT2D eigenvalue weighted by molar-refractivity contribution is 7.17. The van der Waals surface area contributed by atoms with Crippen LogP contribution >= 0.6 is 9.24 Å². The van der Waals surface area contributed by atoms with E-state index in [0.29, 0.717) is 12.2 Å². The highest BCUT2D eigenvalue weighted by Gasteiger charge is 2.14. The fourth-order valence-corrected chi connectivity index (χ4v) is 3.44. The third kappa shape index (κ3) is 6.26. The zero-order chi connectivity index (χ0) is 20.6. The van der Waals surface area contributed by atoms with Gasteiger partial charge in [0.25, 0.3) is 0 Å². The molecule has 0 aromatic carbocycles.